The van der Waals surface area contributed by atoms with Crippen LogP contribution in [-0.4, -0.2) is 46.8 Å². The first-order valence-corrected chi connectivity index (χ1v) is 10.1. The number of benzene rings is 1. The smallest absolute Gasteiger partial charge is 0.325 e. The Kier molecular flexibility index (Phi) is 5.38. The predicted octanol–water partition coefficient (Wildman–Crippen LogP) is 0.117. The fourth-order valence-electron chi connectivity index (χ4n) is 3.23. The lowest BCUT2D eigenvalue weighted by atomic mass is 9.98. The fraction of sp³-hybridized carbons (Fsp3) is 0.353. The number of rotatable bonds is 4. The Bertz CT molecular complexity index is 1120. The zero-order valence-electron chi connectivity index (χ0n) is 15.1. The van der Waals surface area contributed by atoms with Gasteiger partial charge >= 0.3 is 5.69 Å². The summed E-state index contributed by atoms with van der Waals surface area (Å²) in [4.78, 5) is 39.6. The molecular formula is C17H20N4O6S. The molecule has 1 aromatic heterocycles. The maximum absolute atomic E-state index is 12.9. The Balaban J connectivity index is 1.82. The van der Waals surface area contributed by atoms with E-state index in [4.69, 9.17) is 0 Å². The van der Waals surface area contributed by atoms with Gasteiger partial charge in [0, 0.05) is 30.5 Å². The molecule has 1 aliphatic heterocycles. The number of carbonyl (C=O) groups excluding carboxylic acids is 1. The molecule has 2 heterocycles. The van der Waals surface area contributed by atoms with Crippen LogP contribution in [0.25, 0.3) is 0 Å². The van der Waals surface area contributed by atoms with E-state index in [1.165, 1.54) is 19.1 Å². The molecule has 0 spiro atoms. The lowest BCUT2D eigenvalue weighted by Crippen LogP contribution is -2.45. The fourth-order valence-corrected chi connectivity index (χ4v) is 4.96. The van der Waals surface area contributed by atoms with Crippen molar-refractivity contribution in [2.45, 2.75) is 24.7 Å². The summed E-state index contributed by atoms with van der Waals surface area (Å²) < 4.78 is 26.9. The largest absolute Gasteiger partial charge is 0.508 e. The number of aromatic amines is 2. The molecule has 0 unspecified atom stereocenters. The van der Waals surface area contributed by atoms with Crippen molar-refractivity contribution in [3.8, 4) is 5.75 Å². The summed E-state index contributed by atoms with van der Waals surface area (Å²) >= 11 is 0. The number of hydrogen-bond acceptors (Lipinski definition) is 6. The molecule has 11 heteroatoms. The van der Waals surface area contributed by atoms with E-state index in [1.54, 1.807) is 12.1 Å². The van der Waals surface area contributed by atoms with Crippen molar-refractivity contribution < 1.29 is 18.3 Å². The minimum Gasteiger partial charge on any atom is -0.508 e. The van der Waals surface area contributed by atoms with Crippen LogP contribution in [0.5, 0.6) is 5.75 Å². The van der Waals surface area contributed by atoms with Crippen LogP contribution in [0.3, 0.4) is 0 Å². The minimum absolute atomic E-state index is 0.00146. The van der Waals surface area contributed by atoms with E-state index < -0.39 is 32.1 Å². The van der Waals surface area contributed by atoms with Gasteiger partial charge in [0.2, 0.25) is 15.9 Å². The highest BCUT2D eigenvalue weighted by Crippen LogP contribution is 2.24. The van der Waals surface area contributed by atoms with E-state index in [1.807, 2.05) is 4.98 Å². The highest BCUT2D eigenvalue weighted by Gasteiger charge is 2.35. The maximum atomic E-state index is 12.9. The first kappa shape index (κ1) is 19.8. The van der Waals surface area contributed by atoms with Gasteiger partial charge < -0.3 is 15.4 Å². The van der Waals surface area contributed by atoms with Crippen LogP contribution < -0.4 is 16.6 Å². The molecule has 2 aromatic rings. The van der Waals surface area contributed by atoms with Crippen LogP contribution in [0.2, 0.25) is 0 Å². The Labute approximate surface area is 160 Å². The number of phenolic OH excluding ortho intramolecular Hbond substituents is 1. The molecule has 0 saturated carbocycles. The Morgan fingerprint density at radius 3 is 2.71 bits per heavy atom. The highest BCUT2D eigenvalue weighted by molar-refractivity contribution is 7.89. The van der Waals surface area contributed by atoms with Crippen LogP contribution >= 0.6 is 0 Å². The summed E-state index contributed by atoms with van der Waals surface area (Å²) in [6.45, 7) is 1.40. The van der Waals surface area contributed by atoms with E-state index in [2.05, 4.69) is 10.3 Å². The average Bonchev–Trinajstić information content (AvgIpc) is 2.60. The van der Waals surface area contributed by atoms with Crippen LogP contribution in [-0.2, 0) is 14.8 Å². The van der Waals surface area contributed by atoms with Gasteiger partial charge in [0.1, 0.15) is 5.75 Å². The Morgan fingerprint density at radius 2 is 2.04 bits per heavy atom. The van der Waals surface area contributed by atoms with Crippen molar-refractivity contribution in [1.82, 2.24) is 14.3 Å². The summed E-state index contributed by atoms with van der Waals surface area (Å²) in [5.41, 5.74) is -1.44. The van der Waals surface area contributed by atoms with Crippen molar-refractivity contribution in [2.75, 3.05) is 18.4 Å². The topological polar surface area (TPSA) is 152 Å². The standard InChI is InChI=1S/C17H20N4O6S/c1-10-14(16(24)20-17(25)18-10)28(26,27)21-7-3-4-11(9-21)15(23)19-12-5-2-6-13(22)8-12/h2,5-6,8,11,22H,3-4,7,9H2,1H3,(H,19,23)(H2,18,20,24,25)/t11-/m1/s1. The number of nitrogens with one attached hydrogen (secondary N) is 3. The molecule has 0 radical (unpaired) electrons. The molecule has 10 nitrogen and oxygen atoms in total. The monoisotopic (exact) mass is 408 g/mol. The lowest BCUT2D eigenvalue weighted by Gasteiger charge is -2.31. The molecule has 1 saturated heterocycles. The molecule has 4 N–H and O–H groups in total. The number of amides is 1. The number of aryl methyl sites for hydroxylation is 1. The van der Waals surface area contributed by atoms with Crippen molar-refractivity contribution >= 4 is 21.6 Å². The molecule has 1 atom stereocenters. The van der Waals surface area contributed by atoms with Gasteiger partial charge in [0.15, 0.2) is 4.90 Å². The van der Waals surface area contributed by atoms with E-state index >= 15 is 0 Å². The van der Waals surface area contributed by atoms with E-state index in [9.17, 15) is 27.9 Å². The Morgan fingerprint density at radius 1 is 1.29 bits per heavy atom. The predicted molar refractivity (Wildman–Crippen MR) is 101 cm³/mol. The van der Waals surface area contributed by atoms with Gasteiger partial charge in [0.05, 0.1) is 5.92 Å². The number of anilines is 1. The van der Waals surface area contributed by atoms with Gasteiger partial charge in [-0.2, -0.15) is 4.31 Å². The molecule has 150 valence electrons. The molecule has 1 fully saturated rings. The summed E-state index contributed by atoms with van der Waals surface area (Å²) in [5.74, 6) is -0.996. The molecule has 0 aliphatic carbocycles. The highest BCUT2D eigenvalue weighted by atomic mass is 32.2. The van der Waals surface area contributed by atoms with Gasteiger partial charge in [-0.3, -0.25) is 14.6 Å². The van der Waals surface area contributed by atoms with Crippen LogP contribution in [0, 0.1) is 12.8 Å². The quantitative estimate of drug-likeness (QED) is 0.564. The molecule has 3 rings (SSSR count). The van der Waals surface area contributed by atoms with Gasteiger partial charge in [-0.15, -0.1) is 0 Å². The normalized spacial score (nSPS) is 18.0. The van der Waals surface area contributed by atoms with Gasteiger partial charge in [-0.25, -0.2) is 13.2 Å². The second-order valence-electron chi connectivity index (χ2n) is 6.60. The first-order chi connectivity index (χ1) is 13.2. The zero-order valence-corrected chi connectivity index (χ0v) is 15.9. The number of aromatic hydroxyl groups is 1. The summed E-state index contributed by atoms with van der Waals surface area (Å²) in [6.07, 6.45) is 0.926. The maximum Gasteiger partial charge on any atom is 0.325 e. The average molecular weight is 408 g/mol. The van der Waals surface area contributed by atoms with Crippen molar-refractivity contribution in [3.63, 3.8) is 0 Å². The third-order valence-electron chi connectivity index (χ3n) is 4.54. The van der Waals surface area contributed by atoms with Gasteiger partial charge in [-0.05, 0) is 31.9 Å². The van der Waals surface area contributed by atoms with Crippen molar-refractivity contribution in [1.29, 1.82) is 0 Å². The summed E-state index contributed by atoms with van der Waals surface area (Å²) in [6, 6.07) is 6.04. The number of carbonyl (C=O) groups is 1. The molecule has 0 bridgehead atoms. The number of piperidine rings is 1. The van der Waals surface area contributed by atoms with Crippen molar-refractivity contribution in [2.24, 2.45) is 5.92 Å². The number of phenols is 1. The molecular weight excluding hydrogens is 388 g/mol. The van der Waals surface area contributed by atoms with E-state index in [0.717, 1.165) is 4.31 Å². The van der Waals surface area contributed by atoms with Gasteiger partial charge in [0.25, 0.3) is 5.56 Å². The molecule has 28 heavy (non-hydrogen) atoms. The molecule has 1 amide bonds. The number of H-pyrrole nitrogens is 2. The zero-order chi connectivity index (χ0) is 20.5. The minimum atomic E-state index is -4.19. The van der Waals surface area contributed by atoms with Crippen LogP contribution in [0.15, 0.2) is 38.8 Å². The second-order valence-corrected chi connectivity index (χ2v) is 8.48. The van der Waals surface area contributed by atoms with Crippen LogP contribution in [0.1, 0.15) is 18.5 Å². The van der Waals surface area contributed by atoms with Crippen LogP contribution in [0.4, 0.5) is 5.69 Å². The number of nitrogens with zero attached hydrogens (tertiary/aromatic N) is 1. The number of hydrogen-bond donors (Lipinski definition) is 4. The number of aromatic nitrogens is 2. The lowest BCUT2D eigenvalue weighted by molar-refractivity contribution is -0.120. The summed E-state index contributed by atoms with van der Waals surface area (Å²) in [7, 11) is -4.19. The summed E-state index contributed by atoms with van der Waals surface area (Å²) in [5, 5.41) is 12.1. The van der Waals surface area contributed by atoms with Gasteiger partial charge in [-0.1, -0.05) is 6.07 Å². The first-order valence-electron chi connectivity index (χ1n) is 8.62. The van der Waals surface area contributed by atoms with Crippen molar-refractivity contribution in [3.05, 3.63) is 50.8 Å². The van der Waals surface area contributed by atoms with E-state index in [-0.39, 0.29) is 30.4 Å². The second kappa shape index (κ2) is 7.60. The Hall–Kier alpha value is -2.92. The molecule has 1 aromatic carbocycles. The molecule has 1 aliphatic rings. The third kappa shape index (κ3) is 3.99. The van der Waals surface area contributed by atoms with E-state index in [0.29, 0.717) is 18.5 Å². The third-order valence-corrected chi connectivity index (χ3v) is 6.56. The SMILES string of the molecule is Cc1[nH]c(=O)[nH]c(=O)c1S(=O)(=O)N1CCC[C@@H](C(=O)Nc2cccc(O)c2)C1. The number of sulfonamides is 1.